The number of carbonyl (C=O) groups excluding carboxylic acids is 1. The lowest BCUT2D eigenvalue weighted by atomic mass is 10.2. The predicted molar refractivity (Wildman–Crippen MR) is 82.1 cm³/mol. The van der Waals surface area contributed by atoms with Gasteiger partial charge in [-0.25, -0.2) is 18.3 Å². The Hall–Kier alpha value is -2.90. The Balaban J connectivity index is 1.71. The van der Waals surface area contributed by atoms with Crippen molar-refractivity contribution in [3.63, 3.8) is 0 Å². The zero-order chi connectivity index (χ0) is 16.7. The van der Waals surface area contributed by atoms with Gasteiger partial charge in [-0.15, -0.1) is 0 Å². The molecule has 4 rings (SSSR count). The number of alkyl halides is 2. The number of fused-ring (bicyclic) bond motifs is 1. The van der Waals surface area contributed by atoms with Gasteiger partial charge in [0.2, 0.25) is 0 Å². The highest BCUT2D eigenvalue weighted by Crippen LogP contribution is 2.40. The molecule has 0 atom stereocenters. The molecular weight excluding hydrogens is 316 g/mol. The van der Waals surface area contributed by atoms with Gasteiger partial charge in [0.1, 0.15) is 5.69 Å². The van der Waals surface area contributed by atoms with Gasteiger partial charge in [-0.3, -0.25) is 9.78 Å². The van der Waals surface area contributed by atoms with E-state index in [0.717, 1.165) is 17.4 Å². The molecule has 0 aromatic carbocycles. The summed E-state index contributed by atoms with van der Waals surface area (Å²) in [6.07, 6.45) is 2.30. The van der Waals surface area contributed by atoms with Crippen LogP contribution in [0.25, 0.3) is 5.65 Å². The summed E-state index contributed by atoms with van der Waals surface area (Å²) in [5, 5.41) is 6.64. The van der Waals surface area contributed by atoms with Crippen LogP contribution < -0.4 is 5.32 Å². The number of hydrogen-bond donors (Lipinski definition) is 1. The fourth-order valence-corrected chi connectivity index (χ4v) is 2.50. The molecule has 8 heteroatoms. The van der Waals surface area contributed by atoms with Gasteiger partial charge in [0.05, 0.1) is 0 Å². The predicted octanol–water partition coefficient (Wildman–Crippen LogP) is 3.19. The number of aromatic nitrogens is 4. The van der Waals surface area contributed by atoms with Crippen LogP contribution in [0.1, 0.15) is 47.1 Å². The van der Waals surface area contributed by atoms with Gasteiger partial charge in [-0.1, -0.05) is 0 Å². The maximum absolute atomic E-state index is 13.3. The van der Waals surface area contributed by atoms with Crippen molar-refractivity contribution in [3.8, 4) is 0 Å². The number of rotatable bonds is 4. The Morgan fingerprint density at radius 2 is 2.00 bits per heavy atom. The van der Waals surface area contributed by atoms with Crippen LogP contribution in [-0.4, -0.2) is 25.5 Å². The van der Waals surface area contributed by atoms with E-state index in [-0.39, 0.29) is 23.0 Å². The Morgan fingerprint density at radius 1 is 1.25 bits per heavy atom. The molecule has 3 heterocycles. The third-order valence-electron chi connectivity index (χ3n) is 3.86. The molecule has 0 bridgehead atoms. The SMILES string of the molecule is O=C(Nc1ccncc1)c1cc2nc(C3CC3)cc(C(F)F)n2n1. The molecule has 1 fully saturated rings. The smallest absolute Gasteiger partial charge is 0.280 e. The fraction of sp³-hybridized carbons (Fsp3) is 0.250. The first kappa shape index (κ1) is 14.7. The summed E-state index contributed by atoms with van der Waals surface area (Å²) in [6.45, 7) is 0. The summed E-state index contributed by atoms with van der Waals surface area (Å²) in [6, 6.07) is 6.06. The fourth-order valence-electron chi connectivity index (χ4n) is 2.50. The molecule has 1 amide bonds. The average molecular weight is 329 g/mol. The molecule has 0 aliphatic heterocycles. The minimum Gasteiger partial charge on any atom is -0.320 e. The van der Waals surface area contributed by atoms with Crippen molar-refractivity contribution >= 4 is 17.2 Å². The number of pyridine rings is 1. The lowest BCUT2D eigenvalue weighted by Crippen LogP contribution is -2.13. The molecule has 0 spiro atoms. The van der Waals surface area contributed by atoms with E-state index in [0.29, 0.717) is 11.4 Å². The van der Waals surface area contributed by atoms with Crippen molar-refractivity contribution in [1.82, 2.24) is 19.6 Å². The summed E-state index contributed by atoms with van der Waals surface area (Å²) < 4.78 is 27.7. The molecule has 1 N–H and O–H groups in total. The van der Waals surface area contributed by atoms with E-state index < -0.39 is 12.3 Å². The molecule has 1 saturated carbocycles. The van der Waals surface area contributed by atoms with Crippen LogP contribution in [0.15, 0.2) is 36.7 Å². The van der Waals surface area contributed by atoms with Gasteiger partial charge in [-0.2, -0.15) is 5.10 Å². The van der Waals surface area contributed by atoms with Gasteiger partial charge in [0.25, 0.3) is 12.3 Å². The minimum absolute atomic E-state index is 0.0363. The number of halogens is 2. The Bertz CT molecular complexity index is 905. The van der Waals surface area contributed by atoms with Crippen molar-refractivity contribution in [2.24, 2.45) is 0 Å². The number of carbonyl (C=O) groups is 1. The summed E-state index contributed by atoms with van der Waals surface area (Å²) in [5.74, 6) is -0.253. The molecule has 0 saturated heterocycles. The molecule has 1 aliphatic rings. The molecule has 6 nitrogen and oxygen atoms in total. The third kappa shape index (κ3) is 2.70. The van der Waals surface area contributed by atoms with Crippen LogP contribution in [-0.2, 0) is 0 Å². The summed E-state index contributed by atoms with van der Waals surface area (Å²) >= 11 is 0. The molecule has 3 aromatic heterocycles. The van der Waals surface area contributed by atoms with Crippen LogP contribution in [0.3, 0.4) is 0 Å². The highest BCUT2D eigenvalue weighted by atomic mass is 19.3. The Kier molecular flexibility index (Phi) is 3.44. The third-order valence-corrected chi connectivity index (χ3v) is 3.86. The van der Waals surface area contributed by atoms with Crippen LogP contribution in [0.5, 0.6) is 0 Å². The van der Waals surface area contributed by atoms with E-state index >= 15 is 0 Å². The van der Waals surface area contributed by atoms with Gasteiger partial charge in [-0.05, 0) is 31.0 Å². The maximum atomic E-state index is 13.3. The van der Waals surface area contributed by atoms with E-state index in [1.165, 1.54) is 24.5 Å². The highest BCUT2D eigenvalue weighted by Gasteiger charge is 2.28. The van der Waals surface area contributed by atoms with E-state index in [1.54, 1.807) is 12.1 Å². The first-order valence-electron chi connectivity index (χ1n) is 7.52. The normalized spacial score (nSPS) is 14.3. The minimum atomic E-state index is -2.69. The monoisotopic (exact) mass is 329 g/mol. The quantitative estimate of drug-likeness (QED) is 0.798. The first-order valence-corrected chi connectivity index (χ1v) is 7.52. The topological polar surface area (TPSA) is 72.2 Å². The largest absolute Gasteiger partial charge is 0.320 e. The average Bonchev–Trinajstić information content (AvgIpc) is 3.33. The number of nitrogens with one attached hydrogen (secondary N) is 1. The van der Waals surface area contributed by atoms with Crippen LogP contribution >= 0.6 is 0 Å². The highest BCUT2D eigenvalue weighted by molar-refractivity contribution is 6.03. The first-order chi connectivity index (χ1) is 11.6. The number of anilines is 1. The van der Waals surface area contributed by atoms with Gasteiger partial charge in [0.15, 0.2) is 11.3 Å². The molecule has 24 heavy (non-hydrogen) atoms. The second kappa shape index (κ2) is 5.63. The van der Waals surface area contributed by atoms with Crippen molar-refractivity contribution in [1.29, 1.82) is 0 Å². The number of nitrogens with zero attached hydrogens (tertiary/aromatic N) is 4. The van der Waals surface area contributed by atoms with E-state index in [1.807, 2.05) is 0 Å². The van der Waals surface area contributed by atoms with Crippen molar-refractivity contribution in [2.45, 2.75) is 25.2 Å². The van der Waals surface area contributed by atoms with Crippen LogP contribution in [0, 0.1) is 0 Å². The maximum Gasteiger partial charge on any atom is 0.280 e. The summed E-state index contributed by atoms with van der Waals surface area (Å²) in [4.78, 5) is 20.5. The number of amides is 1. The van der Waals surface area contributed by atoms with Crippen LogP contribution in [0.4, 0.5) is 14.5 Å². The van der Waals surface area contributed by atoms with E-state index in [4.69, 9.17) is 0 Å². The standard InChI is InChI=1S/C16H13F2N5O/c17-15(18)13-7-11(9-1-2-9)21-14-8-12(22-23(13)14)16(24)20-10-3-5-19-6-4-10/h3-9,15H,1-2H2,(H,19,20,24). The molecule has 1 aliphatic carbocycles. The van der Waals surface area contributed by atoms with E-state index in [9.17, 15) is 13.6 Å². The zero-order valence-electron chi connectivity index (χ0n) is 12.5. The molecule has 122 valence electrons. The van der Waals surface area contributed by atoms with Crippen molar-refractivity contribution in [2.75, 3.05) is 5.32 Å². The second-order valence-electron chi connectivity index (χ2n) is 5.67. The second-order valence-corrected chi connectivity index (χ2v) is 5.67. The molecule has 3 aromatic rings. The number of hydrogen-bond acceptors (Lipinski definition) is 4. The molecule has 0 radical (unpaired) electrons. The Labute approximate surface area is 135 Å². The van der Waals surface area contributed by atoms with Crippen molar-refractivity contribution < 1.29 is 13.6 Å². The zero-order valence-corrected chi connectivity index (χ0v) is 12.5. The molecule has 0 unspecified atom stereocenters. The summed E-state index contributed by atoms with van der Waals surface area (Å²) in [7, 11) is 0. The van der Waals surface area contributed by atoms with E-state index in [2.05, 4.69) is 20.4 Å². The lowest BCUT2D eigenvalue weighted by Gasteiger charge is -2.06. The lowest BCUT2D eigenvalue weighted by molar-refractivity contribution is 0.102. The van der Waals surface area contributed by atoms with Gasteiger partial charge in [0, 0.05) is 35.8 Å². The van der Waals surface area contributed by atoms with Crippen molar-refractivity contribution in [3.05, 3.63) is 53.7 Å². The summed E-state index contributed by atoms with van der Waals surface area (Å²) in [5.41, 5.74) is 1.24. The Morgan fingerprint density at radius 3 is 2.67 bits per heavy atom. The van der Waals surface area contributed by atoms with Crippen LogP contribution in [0.2, 0.25) is 0 Å². The van der Waals surface area contributed by atoms with Gasteiger partial charge >= 0.3 is 0 Å². The molecular formula is C16H13F2N5O. The van der Waals surface area contributed by atoms with Gasteiger partial charge < -0.3 is 5.32 Å².